The van der Waals surface area contributed by atoms with Crippen LogP contribution in [0.3, 0.4) is 0 Å². The van der Waals surface area contributed by atoms with Gasteiger partial charge in [-0.1, -0.05) is 0 Å². The molecule has 1 rings (SSSR count). The molecule has 0 heterocycles. The second-order valence-corrected chi connectivity index (χ2v) is 7.61. The van der Waals surface area contributed by atoms with E-state index in [4.69, 9.17) is 5.73 Å². The van der Waals surface area contributed by atoms with Crippen LogP contribution in [0, 0.1) is 0 Å². The third-order valence-corrected chi connectivity index (χ3v) is 5.54. The maximum absolute atomic E-state index is 12.1. The van der Waals surface area contributed by atoms with E-state index in [0.717, 1.165) is 13.0 Å². The monoisotopic (exact) mass is 363 g/mol. The largest absolute Gasteiger partial charge is 0.399 e. The molecule has 5 nitrogen and oxygen atoms in total. The fourth-order valence-electron chi connectivity index (χ4n) is 1.61. The van der Waals surface area contributed by atoms with E-state index in [-0.39, 0.29) is 4.90 Å². The molecule has 114 valence electrons. The lowest BCUT2D eigenvalue weighted by atomic mass is 10.3. The van der Waals surface area contributed by atoms with E-state index in [1.807, 2.05) is 7.05 Å². The Hall–Kier alpha value is -0.630. The van der Waals surface area contributed by atoms with Crippen LogP contribution in [-0.2, 0) is 10.0 Å². The first-order valence-corrected chi connectivity index (χ1v) is 8.76. The van der Waals surface area contributed by atoms with Gasteiger partial charge in [0.2, 0.25) is 10.0 Å². The van der Waals surface area contributed by atoms with Crippen LogP contribution >= 0.6 is 15.9 Å². The normalized spacial score (nSPS) is 12.3. The SMILES string of the molecule is CC(C)N(C)CCCNS(=O)(=O)c1ccc(N)cc1Br. The molecule has 0 radical (unpaired) electrons. The highest BCUT2D eigenvalue weighted by atomic mass is 79.9. The van der Waals surface area contributed by atoms with Gasteiger partial charge in [0.05, 0.1) is 4.90 Å². The zero-order chi connectivity index (χ0) is 15.3. The third kappa shape index (κ3) is 5.05. The second kappa shape index (κ2) is 7.40. The van der Waals surface area contributed by atoms with E-state index in [1.165, 1.54) is 6.07 Å². The van der Waals surface area contributed by atoms with Crippen molar-refractivity contribution < 1.29 is 8.42 Å². The summed E-state index contributed by atoms with van der Waals surface area (Å²) in [6.07, 6.45) is 0.764. The predicted molar refractivity (Wildman–Crippen MR) is 86.1 cm³/mol. The Morgan fingerprint density at radius 1 is 1.40 bits per heavy atom. The molecule has 3 N–H and O–H groups in total. The molecular weight excluding hydrogens is 342 g/mol. The van der Waals surface area contributed by atoms with Gasteiger partial charge in [-0.2, -0.15) is 0 Å². The molecule has 0 aliphatic carbocycles. The molecule has 0 aromatic heterocycles. The van der Waals surface area contributed by atoms with E-state index in [9.17, 15) is 8.42 Å². The molecule has 0 bridgehead atoms. The van der Waals surface area contributed by atoms with Crippen LogP contribution in [0.4, 0.5) is 5.69 Å². The Balaban J connectivity index is 2.58. The molecule has 0 spiro atoms. The Morgan fingerprint density at radius 3 is 2.60 bits per heavy atom. The van der Waals surface area contributed by atoms with Gasteiger partial charge in [-0.3, -0.25) is 0 Å². The van der Waals surface area contributed by atoms with Crippen molar-refractivity contribution in [1.82, 2.24) is 9.62 Å². The number of sulfonamides is 1. The van der Waals surface area contributed by atoms with Crippen LogP contribution in [0.15, 0.2) is 27.6 Å². The summed E-state index contributed by atoms with van der Waals surface area (Å²) in [4.78, 5) is 2.39. The minimum atomic E-state index is -3.50. The molecule has 1 aromatic rings. The number of anilines is 1. The average Bonchev–Trinajstić information content (AvgIpc) is 2.33. The van der Waals surface area contributed by atoms with Crippen LogP contribution in [-0.4, -0.2) is 39.5 Å². The average molecular weight is 364 g/mol. The van der Waals surface area contributed by atoms with Crippen LogP contribution < -0.4 is 10.5 Å². The zero-order valence-electron chi connectivity index (χ0n) is 12.1. The molecule has 0 saturated carbocycles. The summed E-state index contributed by atoms with van der Waals surface area (Å²) in [7, 11) is -1.47. The summed E-state index contributed by atoms with van der Waals surface area (Å²) in [5, 5.41) is 0. The van der Waals surface area contributed by atoms with Crippen molar-refractivity contribution in [2.45, 2.75) is 31.2 Å². The van der Waals surface area contributed by atoms with Crippen LogP contribution in [0.25, 0.3) is 0 Å². The van der Waals surface area contributed by atoms with Gasteiger partial charge in [0.15, 0.2) is 0 Å². The highest BCUT2D eigenvalue weighted by Crippen LogP contribution is 2.23. The van der Waals surface area contributed by atoms with E-state index >= 15 is 0 Å². The number of hydrogen-bond donors (Lipinski definition) is 2. The first-order valence-electron chi connectivity index (χ1n) is 6.49. The summed E-state index contributed by atoms with van der Waals surface area (Å²) in [6, 6.07) is 5.12. The molecule has 1 aromatic carbocycles. The molecule has 0 aliphatic rings. The molecule has 0 unspecified atom stereocenters. The topological polar surface area (TPSA) is 75.4 Å². The summed E-state index contributed by atoms with van der Waals surface area (Å²) in [5.41, 5.74) is 6.13. The van der Waals surface area contributed by atoms with Gasteiger partial charge in [0.25, 0.3) is 0 Å². The van der Waals surface area contributed by atoms with Gasteiger partial charge in [-0.15, -0.1) is 0 Å². The van der Waals surface area contributed by atoms with Gasteiger partial charge in [-0.05, 0) is 68.0 Å². The highest BCUT2D eigenvalue weighted by Gasteiger charge is 2.17. The molecule has 7 heteroatoms. The number of nitrogens with one attached hydrogen (secondary N) is 1. The minimum Gasteiger partial charge on any atom is -0.399 e. The number of hydrogen-bond acceptors (Lipinski definition) is 4. The lowest BCUT2D eigenvalue weighted by Crippen LogP contribution is -2.31. The number of benzene rings is 1. The second-order valence-electron chi connectivity index (χ2n) is 5.02. The molecule has 0 atom stereocenters. The van der Waals surface area contributed by atoms with E-state index in [0.29, 0.717) is 22.7 Å². The standard InChI is InChI=1S/C13H22BrN3O2S/c1-10(2)17(3)8-4-7-16-20(18,19)13-6-5-11(15)9-12(13)14/h5-6,9-10,16H,4,7-8,15H2,1-3H3. The van der Waals surface area contributed by atoms with Crippen molar-refractivity contribution >= 4 is 31.6 Å². The summed E-state index contributed by atoms with van der Waals surface area (Å²) < 4.78 is 27.4. The van der Waals surface area contributed by atoms with Gasteiger partial charge >= 0.3 is 0 Å². The smallest absolute Gasteiger partial charge is 0.241 e. The van der Waals surface area contributed by atoms with Crippen molar-refractivity contribution in [3.05, 3.63) is 22.7 Å². The molecule has 20 heavy (non-hydrogen) atoms. The summed E-state index contributed by atoms with van der Waals surface area (Å²) in [5.74, 6) is 0. The van der Waals surface area contributed by atoms with Crippen LogP contribution in [0.5, 0.6) is 0 Å². The Kier molecular flexibility index (Phi) is 6.44. The fraction of sp³-hybridized carbons (Fsp3) is 0.538. The number of rotatable bonds is 7. The van der Waals surface area contributed by atoms with Crippen molar-refractivity contribution in [3.8, 4) is 0 Å². The van der Waals surface area contributed by atoms with E-state index in [1.54, 1.807) is 12.1 Å². The molecule has 0 aliphatic heterocycles. The lowest BCUT2D eigenvalue weighted by molar-refractivity contribution is 0.271. The number of nitrogens with zero attached hydrogens (tertiary/aromatic N) is 1. The zero-order valence-corrected chi connectivity index (χ0v) is 14.5. The van der Waals surface area contributed by atoms with Crippen molar-refractivity contribution in [1.29, 1.82) is 0 Å². The number of halogens is 1. The van der Waals surface area contributed by atoms with E-state index in [2.05, 4.69) is 39.4 Å². The van der Waals surface area contributed by atoms with Gasteiger partial charge in [0.1, 0.15) is 0 Å². The molecule has 0 amide bonds. The number of nitrogen functional groups attached to an aromatic ring is 1. The van der Waals surface area contributed by atoms with Gasteiger partial charge in [0, 0.05) is 22.7 Å². The predicted octanol–water partition coefficient (Wildman–Crippen LogP) is 2.04. The first-order chi connectivity index (χ1) is 9.24. The fourth-order valence-corrected chi connectivity index (χ4v) is 3.77. The van der Waals surface area contributed by atoms with E-state index < -0.39 is 10.0 Å². The lowest BCUT2D eigenvalue weighted by Gasteiger charge is -2.20. The summed E-state index contributed by atoms with van der Waals surface area (Å²) in [6.45, 7) is 5.48. The maximum Gasteiger partial charge on any atom is 0.241 e. The third-order valence-electron chi connectivity index (χ3n) is 3.11. The Bertz CT molecular complexity index is 547. The van der Waals surface area contributed by atoms with Gasteiger partial charge < -0.3 is 10.6 Å². The minimum absolute atomic E-state index is 0.212. The summed E-state index contributed by atoms with van der Waals surface area (Å²) >= 11 is 3.23. The quantitative estimate of drug-likeness (QED) is 0.574. The van der Waals surface area contributed by atoms with Gasteiger partial charge in [-0.25, -0.2) is 13.1 Å². The highest BCUT2D eigenvalue weighted by molar-refractivity contribution is 9.10. The molecular formula is C13H22BrN3O2S. The van der Waals surface area contributed by atoms with Crippen molar-refractivity contribution in [2.24, 2.45) is 0 Å². The first kappa shape index (κ1) is 17.4. The Morgan fingerprint density at radius 2 is 2.05 bits per heavy atom. The maximum atomic E-state index is 12.1. The molecule has 0 fully saturated rings. The number of nitrogens with two attached hydrogens (primary N) is 1. The van der Waals surface area contributed by atoms with Crippen molar-refractivity contribution in [2.75, 3.05) is 25.9 Å². The van der Waals surface area contributed by atoms with Crippen LogP contribution in [0.2, 0.25) is 0 Å². The van der Waals surface area contributed by atoms with Crippen molar-refractivity contribution in [3.63, 3.8) is 0 Å². The van der Waals surface area contributed by atoms with Crippen LogP contribution in [0.1, 0.15) is 20.3 Å². The Labute approximate surface area is 129 Å². The molecule has 0 saturated heterocycles.